The molecule has 174 valence electrons. The summed E-state index contributed by atoms with van der Waals surface area (Å²) in [6, 6.07) is 3.35. The highest BCUT2D eigenvalue weighted by Gasteiger charge is 2.42. The number of pyridine rings is 2. The maximum absolute atomic E-state index is 13.8. The second kappa shape index (κ2) is 8.91. The Hall–Kier alpha value is -2.31. The standard InChI is InChI=1S/C25H33F2N3O2/c1-14(2)16-4-5-17(15-6-9-25(26,27)10-7-15)18(12-16)20-13-21(31)22-19(30-20)8-11-29-23(22)24(32)28-3/h8,11,13-18H,4-7,9-10,12H2,1-3H3,(H,28,32)(H,30,31)/t16?,17-,18+/m0/s1. The molecule has 2 saturated carbocycles. The van der Waals surface area contributed by atoms with Gasteiger partial charge in [0.05, 0.1) is 10.9 Å². The van der Waals surface area contributed by atoms with Crippen LogP contribution < -0.4 is 10.7 Å². The van der Waals surface area contributed by atoms with Crippen LogP contribution in [0.4, 0.5) is 8.78 Å². The van der Waals surface area contributed by atoms with Crippen molar-refractivity contribution in [3.63, 3.8) is 0 Å². The van der Waals surface area contributed by atoms with Crippen molar-refractivity contribution in [1.29, 1.82) is 0 Å². The first-order chi connectivity index (χ1) is 15.2. The minimum Gasteiger partial charge on any atom is -0.358 e. The van der Waals surface area contributed by atoms with Crippen LogP contribution >= 0.6 is 0 Å². The maximum atomic E-state index is 13.8. The van der Waals surface area contributed by atoms with E-state index in [0.29, 0.717) is 35.6 Å². The molecule has 2 aromatic rings. The van der Waals surface area contributed by atoms with Gasteiger partial charge in [0, 0.05) is 43.8 Å². The summed E-state index contributed by atoms with van der Waals surface area (Å²) in [5, 5.41) is 2.83. The van der Waals surface area contributed by atoms with Gasteiger partial charge < -0.3 is 10.3 Å². The number of aromatic nitrogens is 2. The molecular weight excluding hydrogens is 412 g/mol. The minimum atomic E-state index is -2.54. The van der Waals surface area contributed by atoms with Gasteiger partial charge in [-0.1, -0.05) is 13.8 Å². The number of nitrogens with one attached hydrogen (secondary N) is 2. The highest BCUT2D eigenvalue weighted by atomic mass is 19.3. The fourth-order valence-electron chi connectivity index (χ4n) is 5.96. The molecule has 1 amide bonds. The van der Waals surface area contributed by atoms with Gasteiger partial charge in [0.2, 0.25) is 5.92 Å². The highest BCUT2D eigenvalue weighted by molar-refractivity contribution is 6.04. The number of hydrogen-bond donors (Lipinski definition) is 2. The van der Waals surface area contributed by atoms with Gasteiger partial charge in [-0.15, -0.1) is 0 Å². The van der Waals surface area contributed by atoms with Gasteiger partial charge in [-0.05, 0) is 61.8 Å². The Kier molecular flexibility index (Phi) is 6.37. The first-order valence-corrected chi connectivity index (χ1v) is 11.8. The smallest absolute Gasteiger partial charge is 0.270 e. The molecule has 0 saturated heterocycles. The molecule has 2 heterocycles. The molecule has 2 N–H and O–H groups in total. The van der Waals surface area contributed by atoms with Crippen molar-refractivity contribution >= 4 is 16.8 Å². The van der Waals surface area contributed by atoms with Gasteiger partial charge in [-0.3, -0.25) is 14.6 Å². The predicted octanol–water partition coefficient (Wildman–Crippen LogP) is 5.26. The van der Waals surface area contributed by atoms with Crippen LogP contribution in [-0.2, 0) is 0 Å². The van der Waals surface area contributed by atoms with E-state index in [2.05, 4.69) is 29.1 Å². The lowest BCUT2D eigenvalue weighted by molar-refractivity contribution is -0.0572. The number of halogens is 2. The molecule has 0 bridgehead atoms. The number of aromatic amines is 1. The lowest BCUT2D eigenvalue weighted by Crippen LogP contribution is -2.35. The molecule has 1 unspecified atom stereocenters. The first kappa shape index (κ1) is 22.9. The van der Waals surface area contributed by atoms with Crippen LogP contribution in [-0.4, -0.2) is 28.8 Å². The molecule has 32 heavy (non-hydrogen) atoms. The van der Waals surface area contributed by atoms with E-state index < -0.39 is 11.8 Å². The second-order valence-corrected chi connectivity index (χ2v) is 10.0. The molecule has 7 heteroatoms. The maximum Gasteiger partial charge on any atom is 0.270 e. The summed E-state index contributed by atoms with van der Waals surface area (Å²) in [6.45, 7) is 4.46. The number of alkyl halides is 2. The molecule has 2 fully saturated rings. The number of H-pyrrole nitrogens is 1. The zero-order valence-corrected chi connectivity index (χ0v) is 19.1. The molecule has 5 nitrogen and oxygen atoms in total. The van der Waals surface area contributed by atoms with Gasteiger partial charge in [-0.25, -0.2) is 8.78 Å². The van der Waals surface area contributed by atoms with Crippen molar-refractivity contribution in [1.82, 2.24) is 15.3 Å². The third kappa shape index (κ3) is 4.44. The molecule has 0 aliphatic heterocycles. The van der Waals surface area contributed by atoms with Crippen molar-refractivity contribution in [2.75, 3.05) is 7.05 Å². The predicted molar refractivity (Wildman–Crippen MR) is 121 cm³/mol. The summed E-state index contributed by atoms with van der Waals surface area (Å²) in [5.41, 5.74) is 1.36. The SMILES string of the molecule is CNC(=O)c1nccc2[nH]c([C@@H]3CC(C(C)C)CC[C@H]3C3CCC(F)(F)CC3)cc(=O)c12. The summed E-state index contributed by atoms with van der Waals surface area (Å²) in [6.07, 6.45) is 5.60. The third-order valence-electron chi connectivity index (χ3n) is 7.86. The van der Waals surface area contributed by atoms with E-state index in [1.165, 1.54) is 13.2 Å². The van der Waals surface area contributed by atoms with Gasteiger partial charge in [0.25, 0.3) is 5.91 Å². The summed E-state index contributed by atoms with van der Waals surface area (Å²) in [7, 11) is 1.51. The Morgan fingerprint density at radius 1 is 1.22 bits per heavy atom. The van der Waals surface area contributed by atoms with Gasteiger partial charge >= 0.3 is 0 Å². The first-order valence-electron chi connectivity index (χ1n) is 11.8. The molecule has 0 spiro atoms. The fraction of sp³-hybridized carbons (Fsp3) is 0.640. The molecule has 2 aliphatic rings. The number of hydrogen-bond acceptors (Lipinski definition) is 3. The number of carbonyl (C=O) groups is 1. The lowest BCUT2D eigenvalue weighted by Gasteiger charge is -2.43. The molecule has 4 rings (SSSR count). The van der Waals surface area contributed by atoms with Crippen molar-refractivity contribution < 1.29 is 13.6 Å². The van der Waals surface area contributed by atoms with E-state index in [4.69, 9.17) is 0 Å². The van der Waals surface area contributed by atoms with Gasteiger partial charge in [0.1, 0.15) is 5.69 Å². The normalized spacial score (nSPS) is 26.4. The summed E-state index contributed by atoms with van der Waals surface area (Å²) < 4.78 is 27.6. The summed E-state index contributed by atoms with van der Waals surface area (Å²) >= 11 is 0. The summed E-state index contributed by atoms with van der Waals surface area (Å²) in [5.74, 6) is -1.19. The monoisotopic (exact) mass is 445 g/mol. The quantitative estimate of drug-likeness (QED) is 0.674. The number of nitrogens with zero attached hydrogens (tertiary/aromatic N) is 1. The Labute approximate surface area is 187 Å². The lowest BCUT2D eigenvalue weighted by atomic mass is 9.62. The number of carbonyl (C=O) groups excluding carboxylic acids is 1. The molecular formula is C25H33F2N3O2. The Morgan fingerprint density at radius 2 is 1.94 bits per heavy atom. The Balaban J connectivity index is 1.73. The zero-order valence-electron chi connectivity index (χ0n) is 19.1. The topological polar surface area (TPSA) is 74.8 Å². The number of amides is 1. The van der Waals surface area contributed by atoms with Crippen LogP contribution in [0, 0.1) is 23.7 Å². The molecule has 2 aliphatic carbocycles. The van der Waals surface area contributed by atoms with Crippen LogP contribution in [0.25, 0.3) is 10.9 Å². The van der Waals surface area contributed by atoms with Crippen LogP contribution in [0.2, 0.25) is 0 Å². The summed E-state index contributed by atoms with van der Waals surface area (Å²) in [4.78, 5) is 32.9. The van der Waals surface area contributed by atoms with Crippen LogP contribution in [0.15, 0.2) is 23.1 Å². The highest BCUT2D eigenvalue weighted by Crippen LogP contribution is 2.50. The van der Waals surface area contributed by atoms with Gasteiger partial charge in [0.15, 0.2) is 5.43 Å². The van der Waals surface area contributed by atoms with Crippen LogP contribution in [0.5, 0.6) is 0 Å². The largest absolute Gasteiger partial charge is 0.358 e. The minimum absolute atomic E-state index is 0.0378. The van der Waals surface area contributed by atoms with E-state index in [1.807, 2.05) is 0 Å². The van der Waals surface area contributed by atoms with Crippen molar-refractivity contribution in [2.24, 2.45) is 23.7 Å². The van der Waals surface area contributed by atoms with Gasteiger partial charge in [-0.2, -0.15) is 0 Å². The number of rotatable bonds is 4. The average molecular weight is 446 g/mol. The Bertz CT molecular complexity index is 1040. The van der Waals surface area contributed by atoms with Crippen LogP contribution in [0.3, 0.4) is 0 Å². The van der Waals surface area contributed by atoms with E-state index in [9.17, 15) is 18.4 Å². The second-order valence-electron chi connectivity index (χ2n) is 10.0. The molecule has 3 atom stereocenters. The van der Waals surface area contributed by atoms with Crippen LogP contribution in [0.1, 0.15) is 80.9 Å². The van der Waals surface area contributed by atoms with Crippen molar-refractivity contribution in [3.8, 4) is 0 Å². The van der Waals surface area contributed by atoms with E-state index >= 15 is 0 Å². The number of fused-ring (bicyclic) bond motifs is 1. The van der Waals surface area contributed by atoms with E-state index in [1.54, 1.807) is 12.1 Å². The van der Waals surface area contributed by atoms with Crippen molar-refractivity contribution in [2.45, 2.75) is 70.6 Å². The molecule has 2 aromatic heterocycles. The van der Waals surface area contributed by atoms with E-state index in [-0.39, 0.29) is 41.7 Å². The Morgan fingerprint density at radius 3 is 2.59 bits per heavy atom. The third-order valence-corrected chi connectivity index (χ3v) is 7.86. The fourth-order valence-corrected chi connectivity index (χ4v) is 5.96. The van der Waals surface area contributed by atoms with E-state index in [0.717, 1.165) is 25.0 Å². The molecule has 0 aromatic carbocycles. The van der Waals surface area contributed by atoms with Crippen molar-refractivity contribution in [3.05, 3.63) is 39.9 Å². The zero-order chi connectivity index (χ0) is 23.0. The average Bonchev–Trinajstić information content (AvgIpc) is 2.77. The molecule has 0 radical (unpaired) electrons.